The summed E-state index contributed by atoms with van der Waals surface area (Å²) >= 11 is 1.32. The fourth-order valence-electron chi connectivity index (χ4n) is 3.43. The monoisotopic (exact) mass is 407 g/mol. The van der Waals surface area contributed by atoms with Gasteiger partial charge in [0.15, 0.2) is 0 Å². The number of anilines is 1. The van der Waals surface area contributed by atoms with Crippen LogP contribution in [0.2, 0.25) is 0 Å². The molecule has 148 valence electrons. The number of hydrogen-bond acceptors (Lipinski definition) is 5. The van der Waals surface area contributed by atoms with E-state index in [2.05, 4.69) is 0 Å². The lowest BCUT2D eigenvalue weighted by Gasteiger charge is -2.22. The lowest BCUT2D eigenvalue weighted by Crippen LogP contribution is -2.30. The molecule has 0 saturated heterocycles. The number of ether oxygens (including phenoxy) is 1. The number of para-hydroxylation sites is 2. The van der Waals surface area contributed by atoms with E-state index in [9.17, 15) is 9.59 Å². The third-order valence-corrected chi connectivity index (χ3v) is 5.92. The standard InChI is InChI=1S/C23H21NO4S/c1-4-24(17-8-6-7-9-19(17)27-5-2)22(25)20-13-16-21(29-20)15-12-14(3)10-11-18(15)28-23(16)26/h6-13H,4-5H2,1-3H3. The number of amides is 1. The normalized spacial score (nSPS) is 11.1. The second kappa shape index (κ2) is 7.72. The summed E-state index contributed by atoms with van der Waals surface area (Å²) in [7, 11) is 0. The number of aryl methyl sites for hydroxylation is 1. The summed E-state index contributed by atoms with van der Waals surface area (Å²) in [6.45, 7) is 6.80. The number of fused-ring (bicyclic) bond motifs is 3. The van der Waals surface area contributed by atoms with Crippen molar-refractivity contribution in [2.75, 3.05) is 18.1 Å². The summed E-state index contributed by atoms with van der Waals surface area (Å²) in [5, 5.41) is 1.28. The number of benzene rings is 2. The quantitative estimate of drug-likeness (QED) is 0.417. The van der Waals surface area contributed by atoms with Crippen molar-refractivity contribution in [3.05, 3.63) is 69.4 Å². The molecule has 0 N–H and O–H groups in total. The molecule has 6 heteroatoms. The molecule has 0 saturated carbocycles. The Morgan fingerprint density at radius 3 is 2.66 bits per heavy atom. The third-order valence-electron chi connectivity index (χ3n) is 4.76. The van der Waals surface area contributed by atoms with Gasteiger partial charge in [0.2, 0.25) is 0 Å². The summed E-state index contributed by atoms with van der Waals surface area (Å²) in [4.78, 5) is 28.0. The smallest absolute Gasteiger partial charge is 0.345 e. The molecule has 2 aromatic heterocycles. The second-order valence-corrected chi connectivity index (χ2v) is 7.74. The molecule has 0 aliphatic rings. The van der Waals surface area contributed by atoms with Gasteiger partial charge in [-0.05, 0) is 51.1 Å². The first-order chi connectivity index (χ1) is 14.0. The summed E-state index contributed by atoms with van der Waals surface area (Å²) in [6.07, 6.45) is 0. The van der Waals surface area contributed by atoms with E-state index in [0.29, 0.717) is 40.4 Å². The van der Waals surface area contributed by atoms with Gasteiger partial charge in [-0.1, -0.05) is 23.8 Å². The molecule has 5 nitrogen and oxygen atoms in total. The Kier molecular flexibility index (Phi) is 5.11. The van der Waals surface area contributed by atoms with Gasteiger partial charge in [0.25, 0.3) is 5.91 Å². The first-order valence-electron chi connectivity index (χ1n) is 9.54. The van der Waals surface area contributed by atoms with E-state index in [1.807, 2.05) is 57.2 Å². The number of nitrogens with zero attached hydrogens (tertiary/aromatic N) is 1. The largest absolute Gasteiger partial charge is 0.492 e. The molecular formula is C23H21NO4S. The van der Waals surface area contributed by atoms with Crippen LogP contribution in [0, 0.1) is 6.92 Å². The maximum absolute atomic E-state index is 13.4. The van der Waals surface area contributed by atoms with E-state index in [-0.39, 0.29) is 5.91 Å². The summed E-state index contributed by atoms with van der Waals surface area (Å²) in [5.41, 5.74) is 1.88. The highest BCUT2D eigenvalue weighted by molar-refractivity contribution is 7.21. The molecular weight excluding hydrogens is 386 g/mol. The molecule has 4 aromatic rings. The van der Waals surface area contributed by atoms with Crippen molar-refractivity contribution >= 4 is 44.0 Å². The van der Waals surface area contributed by atoms with Gasteiger partial charge in [-0.25, -0.2) is 4.79 Å². The Labute approximate surface area is 172 Å². The maximum atomic E-state index is 13.4. The average Bonchev–Trinajstić information content (AvgIpc) is 3.17. The highest BCUT2D eigenvalue weighted by Gasteiger charge is 2.23. The summed E-state index contributed by atoms with van der Waals surface area (Å²) in [5.74, 6) is 0.493. The molecule has 0 unspecified atom stereocenters. The lowest BCUT2D eigenvalue weighted by atomic mass is 10.1. The van der Waals surface area contributed by atoms with Crippen LogP contribution in [-0.2, 0) is 0 Å². The Balaban J connectivity index is 1.84. The second-order valence-electron chi connectivity index (χ2n) is 6.69. The number of carbonyl (C=O) groups excluding carboxylic acids is 1. The van der Waals surface area contributed by atoms with Crippen LogP contribution in [0.25, 0.3) is 21.1 Å². The minimum Gasteiger partial charge on any atom is -0.492 e. The van der Waals surface area contributed by atoms with Crippen LogP contribution >= 0.6 is 11.3 Å². The van der Waals surface area contributed by atoms with Crippen molar-refractivity contribution in [2.45, 2.75) is 20.8 Å². The van der Waals surface area contributed by atoms with Gasteiger partial charge in [-0.2, -0.15) is 0 Å². The van der Waals surface area contributed by atoms with Gasteiger partial charge in [0.1, 0.15) is 11.3 Å². The van der Waals surface area contributed by atoms with Crippen molar-refractivity contribution < 1.29 is 13.9 Å². The van der Waals surface area contributed by atoms with Crippen LogP contribution in [0.3, 0.4) is 0 Å². The van der Waals surface area contributed by atoms with E-state index < -0.39 is 5.63 Å². The number of hydrogen-bond donors (Lipinski definition) is 0. The zero-order valence-electron chi connectivity index (χ0n) is 16.5. The Morgan fingerprint density at radius 1 is 1.10 bits per heavy atom. The Hall–Kier alpha value is -3.12. The molecule has 0 aliphatic carbocycles. The maximum Gasteiger partial charge on any atom is 0.345 e. The molecule has 1 amide bonds. The van der Waals surface area contributed by atoms with Gasteiger partial charge >= 0.3 is 5.63 Å². The van der Waals surface area contributed by atoms with E-state index >= 15 is 0 Å². The summed E-state index contributed by atoms with van der Waals surface area (Å²) < 4.78 is 11.9. The summed E-state index contributed by atoms with van der Waals surface area (Å²) in [6, 6.07) is 14.8. The Morgan fingerprint density at radius 2 is 1.90 bits per heavy atom. The van der Waals surface area contributed by atoms with Gasteiger partial charge in [-0.3, -0.25) is 4.79 Å². The molecule has 0 atom stereocenters. The van der Waals surface area contributed by atoms with Gasteiger partial charge < -0.3 is 14.1 Å². The fraction of sp³-hybridized carbons (Fsp3) is 0.217. The van der Waals surface area contributed by atoms with E-state index in [1.165, 1.54) is 11.3 Å². The van der Waals surface area contributed by atoms with Crippen molar-refractivity contribution in [1.82, 2.24) is 0 Å². The minimum atomic E-state index is -0.426. The molecule has 0 spiro atoms. The topological polar surface area (TPSA) is 59.8 Å². The van der Waals surface area contributed by atoms with Gasteiger partial charge in [-0.15, -0.1) is 11.3 Å². The molecule has 0 bridgehead atoms. The highest BCUT2D eigenvalue weighted by atomic mass is 32.1. The molecule has 0 aliphatic heterocycles. The first-order valence-corrected chi connectivity index (χ1v) is 10.4. The Bertz CT molecular complexity index is 1270. The number of carbonyl (C=O) groups is 1. The first kappa shape index (κ1) is 19.2. The molecule has 0 radical (unpaired) electrons. The molecule has 2 aromatic carbocycles. The van der Waals surface area contributed by atoms with Crippen LogP contribution in [0.5, 0.6) is 5.75 Å². The van der Waals surface area contributed by atoms with Crippen LogP contribution in [0.15, 0.2) is 57.7 Å². The molecule has 4 rings (SSSR count). The fourth-order valence-corrected chi connectivity index (χ4v) is 4.54. The zero-order valence-corrected chi connectivity index (χ0v) is 17.3. The highest BCUT2D eigenvalue weighted by Crippen LogP contribution is 2.34. The molecule has 29 heavy (non-hydrogen) atoms. The van der Waals surface area contributed by atoms with Crippen molar-refractivity contribution in [3.8, 4) is 5.75 Å². The van der Waals surface area contributed by atoms with Crippen molar-refractivity contribution in [2.24, 2.45) is 0 Å². The van der Waals surface area contributed by atoms with Gasteiger partial charge in [0, 0.05) is 11.9 Å². The van der Waals surface area contributed by atoms with Gasteiger partial charge in [0.05, 0.1) is 27.3 Å². The predicted octanol–water partition coefficient (Wildman–Crippen LogP) is 5.38. The van der Waals surface area contributed by atoms with E-state index in [0.717, 1.165) is 15.6 Å². The number of thiophene rings is 1. The SMILES string of the molecule is CCOc1ccccc1N(CC)C(=O)c1cc2c(=O)oc3ccc(C)cc3c2s1. The van der Waals surface area contributed by atoms with Crippen LogP contribution in [0.4, 0.5) is 5.69 Å². The van der Waals surface area contributed by atoms with E-state index in [4.69, 9.17) is 9.15 Å². The van der Waals surface area contributed by atoms with Crippen molar-refractivity contribution in [1.29, 1.82) is 0 Å². The van der Waals surface area contributed by atoms with Crippen LogP contribution in [-0.4, -0.2) is 19.1 Å². The van der Waals surface area contributed by atoms with E-state index in [1.54, 1.807) is 17.0 Å². The number of rotatable bonds is 5. The van der Waals surface area contributed by atoms with Crippen LogP contribution in [0.1, 0.15) is 29.1 Å². The average molecular weight is 407 g/mol. The molecule has 2 heterocycles. The molecule has 0 fully saturated rings. The zero-order chi connectivity index (χ0) is 20.5. The minimum absolute atomic E-state index is 0.166. The van der Waals surface area contributed by atoms with Crippen LogP contribution < -0.4 is 15.3 Å². The van der Waals surface area contributed by atoms with Crippen molar-refractivity contribution in [3.63, 3.8) is 0 Å². The third kappa shape index (κ3) is 3.40. The lowest BCUT2D eigenvalue weighted by molar-refractivity contribution is 0.0991. The predicted molar refractivity (Wildman–Crippen MR) is 118 cm³/mol.